The number of aryl methyl sites for hydroxylation is 1. The quantitative estimate of drug-likeness (QED) is 0.701. The molecule has 3 aromatic rings. The Morgan fingerprint density at radius 1 is 1.27 bits per heavy atom. The molecule has 0 amide bonds. The number of nitrogens with zero attached hydrogens (tertiary/aromatic N) is 6. The summed E-state index contributed by atoms with van der Waals surface area (Å²) in [4.78, 5) is 26.5. The minimum Gasteiger partial charge on any atom is -0.354 e. The Kier molecular flexibility index (Phi) is 4.41. The minimum absolute atomic E-state index is 0.0140. The lowest BCUT2D eigenvalue weighted by atomic mass is 10.2. The number of anilines is 1. The van der Waals surface area contributed by atoms with E-state index in [9.17, 15) is 4.79 Å². The predicted octanol–water partition coefficient (Wildman–Crippen LogP) is 1.65. The maximum atomic E-state index is 12.3. The van der Waals surface area contributed by atoms with Gasteiger partial charge in [-0.2, -0.15) is 5.26 Å². The van der Waals surface area contributed by atoms with E-state index in [0.717, 1.165) is 48.3 Å². The molecule has 0 spiro atoms. The number of aromatic nitrogens is 3. The van der Waals surface area contributed by atoms with Crippen LogP contribution in [0.2, 0.25) is 0 Å². The first kappa shape index (κ1) is 16.7. The van der Waals surface area contributed by atoms with Gasteiger partial charge in [0.05, 0.1) is 17.3 Å². The van der Waals surface area contributed by atoms with Crippen molar-refractivity contribution in [3.8, 4) is 6.07 Å². The maximum Gasteiger partial charge on any atom is 0.259 e. The van der Waals surface area contributed by atoms with Crippen LogP contribution in [0.25, 0.3) is 4.96 Å². The van der Waals surface area contributed by atoms with Crippen molar-refractivity contribution in [3.63, 3.8) is 0 Å². The summed E-state index contributed by atoms with van der Waals surface area (Å²) in [6, 6.07) is 7.33. The fourth-order valence-electron chi connectivity index (χ4n) is 3.21. The summed E-state index contributed by atoms with van der Waals surface area (Å²) in [6.45, 7) is 5.98. The van der Waals surface area contributed by atoms with Crippen LogP contribution in [0.1, 0.15) is 17.0 Å². The van der Waals surface area contributed by atoms with Crippen molar-refractivity contribution in [3.05, 3.63) is 57.1 Å². The van der Waals surface area contributed by atoms with Crippen LogP contribution in [-0.4, -0.2) is 45.4 Å². The number of nitriles is 1. The van der Waals surface area contributed by atoms with Gasteiger partial charge < -0.3 is 4.90 Å². The van der Waals surface area contributed by atoms with Crippen molar-refractivity contribution in [1.82, 2.24) is 19.3 Å². The number of thiazole rings is 1. The van der Waals surface area contributed by atoms with E-state index in [1.165, 1.54) is 11.3 Å². The van der Waals surface area contributed by atoms with Crippen molar-refractivity contribution in [2.45, 2.75) is 13.5 Å². The molecule has 26 heavy (non-hydrogen) atoms. The third-order valence-corrected chi connectivity index (χ3v) is 5.53. The van der Waals surface area contributed by atoms with E-state index in [1.807, 2.05) is 18.4 Å². The summed E-state index contributed by atoms with van der Waals surface area (Å²) in [5, 5.41) is 11.0. The number of hydrogen-bond acceptors (Lipinski definition) is 7. The van der Waals surface area contributed by atoms with Gasteiger partial charge in [-0.1, -0.05) is 0 Å². The lowest BCUT2D eigenvalue weighted by Crippen LogP contribution is -2.46. The molecule has 7 nitrogen and oxygen atoms in total. The second kappa shape index (κ2) is 6.86. The highest BCUT2D eigenvalue weighted by atomic mass is 32.1. The zero-order chi connectivity index (χ0) is 18.1. The molecule has 0 aromatic carbocycles. The largest absolute Gasteiger partial charge is 0.354 e. The third kappa shape index (κ3) is 3.19. The normalized spacial score (nSPS) is 15.3. The first-order valence-corrected chi connectivity index (χ1v) is 9.32. The zero-order valence-electron chi connectivity index (χ0n) is 14.4. The molecule has 0 unspecified atom stereocenters. The molecule has 0 atom stereocenters. The topological polar surface area (TPSA) is 77.5 Å². The van der Waals surface area contributed by atoms with Crippen molar-refractivity contribution >= 4 is 22.1 Å². The fourth-order valence-corrected chi connectivity index (χ4v) is 4.10. The van der Waals surface area contributed by atoms with Crippen LogP contribution in [0.5, 0.6) is 0 Å². The lowest BCUT2D eigenvalue weighted by molar-refractivity contribution is 0.246. The van der Waals surface area contributed by atoms with Crippen LogP contribution in [0, 0.1) is 18.3 Å². The van der Waals surface area contributed by atoms with Gasteiger partial charge in [-0.15, -0.1) is 11.3 Å². The number of rotatable bonds is 3. The average molecular weight is 366 g/mol. The molecule has 8 heteroatoms. The van der Waals surface area contributed by atoms with Crippen LogP contribution in [-0.2, 0) is 6.54 Å². The Labute approximate surface area is 154 Å². The molecule has 0 saturated carbocycles. The first-order valence-electron chi connectivity index (χ1n) is 8.44. The Hall–Kier alpha value is -2.76. The second-order valence-corrected chi connectivity index (χ2v) is 7.20. The highest BCUT2D eigenvalue weighted by Gasteiger charge is 2.19. The van der Waals surface area contributed by atoms with E-state index in [2.05, 4.69) is 25.8 Å². The molecular formula is C18H18N6OS. The van der Waals surface area contributed by atoms with Crippen molar-refractivity contribution < 1.29 is 0 Å². The fraction of sp³-hybridized carbons (Fsp3) is 0.333. The molecule has 0 radical (unpaired) electrons. The SMILES string of the molecule is Cc1csc2nc(CN3CCN(c4cc(C#N)ccn4)CC3)cc(=O)n12. The van der Waals surface area contributed by atoms with Gasteiger partial charge in [0.15, 0.2) is 4.96 Å². The lowest BCUT2D eigenvalue weighted by Gasteiger charge is -2.35. The molecule has 0 aliphatic carbocycles. The van der Waals surface area contributed by atoms with E-state index < -0.39 is 0 Å². The Bertz CT molecular complexity index is 1040. The summed E-state index contributed by atoms with van der Waals surface area (Å²) < 4.78 is 1.65. The number of fused-ring (bicyclic) bond motifs is 1. The molecule has 1 fully saturated rings. The summed E-state index contributed by atoms with van der Waals surface area (Å²) >= 11 is 1.50. The van der Waals surface area contributed by atoms with Crippen LogP contribution >= 0.6 is 11.3 Å². The van der Waals surface area contributed by atoms with Crippen LogP contribution in [0.15, 0.2) is 34.6 Å². The Morgan fingerprint density at radius 3 is 2.85 bits per heavy atom. The highest BCUT2D eigenvalue weighted by molar-refractivity contribution is 7.15. The summed E-state index contributed by atoms with van der Waals surface area (Å²) in [6.07, 6.45) is 1.68. The summed E-state index contributed by atoms with van der Waals surface area (Å²) in [5.41, 5.74) is 2.35. The van der Waals surface area contributed by atoms with Crippen LogP contribution in [0.4, 0.5) is 5.82 Å². The molecule has 3 aromatic heterocycles. The van der Waals surface area contributed by atoms with Gasteiger partial charge in [-0.05, 0) is 19.1 Å². The van der Waals surface area contributed by atoms with Crippen LogP contribution in [0.3, 0.4) is 0 Å². The van der Waals surface area contributed by atoms with Gasteiger partial charge in [0.25, 0.3) is 5.56 Å². The molecule has 0 bridgehead atoms. The number of piperazine rings is 1. The average Bonchev–Trinajstić information content (AvgIpc) is 3.04. The molecule has 132 valence electrons. The van der Waals surface area contributed by atoms with Gasteiger partial charge in [-0.25, -0.2) is 9.97 Å². The first-order chi connectivity index (χ1) is 12.6. The minimum atomic E-state index is -0.0140. The monoisotopic (exact) mass is 366 g/mol. The van der Waals surface area contributed by atoms with Gasteiger partial charge in [0, 0.05) is 56.1 Å². The Morgan fingerprint density at radius 2 is 2.08 bits per heavy atom. The van der Waals surface area contributed by atoms with Gasteiger partial charge in [0.2, 0.25) is 0 Å². The number of pyridine rings is 1. The molecule has 4 heterocycles. The predicted molar refractivity (Wildman–Crippen MR) is 101 cm³/mol. The van der Waals surface area contributed by atoms with Crippen molar-refractivity contribution in [2.24, 2.45) is 0 Å². The van der Waals surface area contributed by atoms with Crippen molar-refractivity contribution in [2.75, 3.05) is 31.1 Å². The van der Waals surface area contributed by atoms with Crippen molar-refractivity contribution in [1.29, 1.82) is 5.26 Å². The third-order valence-electron chi connectivity index (χ3n) is 4.59. The molecular weight excluding hydrogens is 348 g/mol. The molecule has 1 aliphatic heterocycles. The maximum absolute atomic E-state index is 12.3. The van der Waals surface area contributed by atoms with E-state index in [1.54, 1.807) is 22.7 Å². The smallest absolute Gasteiger partial charge is 0.259 e. The van der Waals surface area contributed by atoms with E-state index >= 15 is 0 Å². The number of hydrogen-bond donors (Lipinski definition) is 0. The van der Waals surface area contributed by atoms with Gasteiger partial charge in [-0.3, -0.25) is 14.1 Å². The molecule has 4 rings (SSSR count). The summed E-state index contributed by atoms with van der Waals surface area (Å²) in [7, 11) is 0. The van der Waals surface area contributed by atoms with Gasteiger partial charge >= 0.3 is 0 Å². The Balaban J connectivity index is 1.44. The van der Waals surface area contributed by atoms with E-state index in [4.69, 9.17) is 5.26 Å². The standard InChI is InChI=1S/C18H18N6OS/c1-13-12-26-18-21-15(9-17(25)24(13)18)11-22-4-6-23(7-5-22)16-8-14(10-19)2-3-20-16/h2-3,8-9,12H,4-7,11H2,1H3. The van der Waals surface area contributed by atoms with E-state index in [0.29, 0.717) is 12.1 Å². The highest BCUT2D eigenvalue weighted by Crippen LogP contribution is 2.16. The summed E-state index contributed by atoms with van der Waals surface area (Å²) in [5.74, 6) is 0.843. The molecule has 0 N–H and O–H groups in total. The second-order valence-electron chi connectivity index (χ2n) is 6.36. The van der Waals surface area contributed by atoms with E-state index in [-0.39, 0.29) is 5.56 Å². The zero-order valence-corrected chi connectivity index (χ0v) is 15.2. The molecule has 1 aliphatic rings. The molecule has 1 saturated heterocycles. The van der Waals surface area contributed by atoms with Crippen LogP contribution < -0.4 is 10.5 Å². The van der Waals surface area contributed by atoms with Gasteiger partial charge in [0.1, 0.15) is 5.82 Å².